The molecule has 0 bridgehead atoms. The van der Waals surface area contributed by atoms with E-state index in [1.807, 2.05) is 9.47 Å². The highest BCUT2D eigenvalue weighted by Gasteiger charge is 2.34. The van der Waals surface area contributed by atoms with Gasteiger partial charge in [0, 0.05) is 48.9 Å². The van der Waals surface area contributed by atoms with Crippen molar-refractivity contribution in [1.29, 1.82) is 0 Å². The number of aliphatic hydroxyl groups is 1. The molecule has 6 rings (SSSR count). The summed E-state index contributed by atoms with van der Waals surface area (Å²) in [5, 5.41) is 17.8. The third-order valence-electron chi connectivity index (χ3n) is 9.25. The normalized spacial score (nSPS) is 14.5. The number of piperidine rings is 1. The number of carbonyl (C=O) groups is 2. The summed E-state index contributed by atoms with van der Waals surface area (Å²) in [7, 11) is 0. The Balaban J connectivity index is 0.896. The lowest BCUT2D eigenvalue weighted by Crippen LogP contribution is -2.44. The molecule has 5 aromatic rings. The first-order valence-electron chi connectivity index (χ1n) is 17.7. The maximum atomic E-state index is 14.6. The van der Waals surface area contributed by atoms with E-state index in [4.69, 9.17) is 15.2 Å². The van der Waals surface area contributed by atoms with Gasteiger partial charge in [-0.2, -0.15) is 5.10 Å². The number of hydrogen-bond donors (Lipinski definition) is 3. The number of likely N-dealkylation sites (tertiary alicyclic amines) is 1. The van der Waals surface area contributed by atoms with Crippen molar-refractivity contribution in [2.75, 3.05) is 51.8 Å². The van der Waals surface area contributed by atoms with E-state index < -0.39 is 23.1 Å². The first-order valence-corrected chi connectivity index (χ1v) is 17.7. The molecule has 1 aliphatic rings. The average molecular weight is 763 g/mol. The maximum absolute atomic E-state index is 14.6. The first-order chi connectivity index (χ1) is 26.6. The molecule has 18 heteroatoms. The number of anilines is 1. The fourth-order valence-corrected chi connectivity index (χ4v) is 6.43. The highest BCUT2D eigenvalue weighted by molar-refractivity contribution is 5.78. The van der Waals surface area contributed by atoms with Gasteiger partial charge in [-0.3, -0.25) is 9.59 Å². The highest BCUT2D eigenvalue weighted by atomic mass is 19.1. The quantitative estimate of drug-likeness (QED) is 0.118. The molecular formula is C37H41F3N10O5. The second-order valence-corrected chi connectivity index (χ2v) is 13.0. The van der Waals surface area contributed by atoms with Crippen LogP contribution in [0, 0.1) is 17.5 Å². The van der Waals surface area contributed by atoms with Gasteiger partial charge in [-0.1, -0.05) is 6.07 Å². The van der Waals surface area contributed by atoms with Crippen molar-refractivity contribution in [1.82, 2.24) is 44.5 Å². The minimum Gasteiger partial charge on any atom is -0.381 e. The van der Waals surface area contributed by atoms with Crippen molar-refractivity contribution in [2.45, 2.75) is 43.9 Å². The van der Waals surface area contributed by atoms with Crippen LogP contribution in [0.2, 0.25) is 0 Å². The Kier molecular flexibility index (Phi) is 12.8. The highest BCUT2D eigenvalue weighted by Crippen LogP contribution is 2.35. The van der Waals surface area contributed by atoms with Crippen LogP contribution in [0.1, 0.15) is 37.3 Å². The number of imidazole rings is 1. The zero-order valence-corrected chi connectivity index (χ0v) is 29.9. The van der Waals surface area contributed by atoms with E-state index in [0.29, 0.717) is 43.4 Å². The lowest BCUT2D eigenvalue weighted by molar-refractivity contribution is -0.134. The predicted molar refractivity (Wildman–Crippen MR) is 192 cm³/mol. The van der Waals surface area contributed by atoms with E-state index in [2.05, 4.69) is 30.4 Å². The van der Waals surface area contributed by atoms with Crippen LogP contribution < -0.4 is 11.1 Å². The summed E-state index contributed by atoms with van der Waals surface area (Å²) in [6, 6.07) is 10.7. The maximum Gasteiger partial charge on any atom is 0.224 e. The van der Waals surface area contributed by atoms with E-state index in [1.165, 1.54) is 29.5 Å². The zero-order chi connectivity index (χ0) is 38.8. The predicted octanol–water partition coefficient (Wildman–Crippen LogP) is 3.28. The van der Waals surface area contributed by atoms with E-state index in [-0.39, 0.29) is 81.6 Å². The largest absolute Gasteiger partial charge is 0.381 e. The smallest absolute Gasteiger partial charge is 0.224 e. The van der Waals surface area contributed by atoms with Crippen LogP contribution in [0.5, 0.6) is 0 Å². The van der Waals surface area contributed by atoms with Crippen LogP contribution >= 0.6 is 0 Å². The standard InChI is InChI=1S/C37H41F3N10O5/c38-26-3-1-25(2-4-26)34-35(31-7-12-43-36(41)47-31)50(24-45-34)28-8-13-48(14-9-28)33(52)11-16-55-18-17-54-15-10-32(51)44-20-37(53,21-49-23-42-22-46-49)29-6-5-27(39)19-30(29)40/h1-7,12,19,22-24,28,53H,8-11,13-18,20-21H2,(H,44,51)(H2,41,43,47). The average Bonchev–Trinajstić information content (AvgIpc) is 3.86. The summed E-state index contributed by atoms with van der Waals surface area (Å²) in [4.78, 5) is 44.2. The van der Waals surface area contributed by atoms with Crippen molar-refractivity contribution >= 4 is 17.8 Å². The number of carbonyl (C=O) groups excluding carboxylic acids is 2. The Morgan fingerprint density at radius 3 is 2.35 bits per heavy atom. The van der Waals surface area contributed by atoms with Gasteiger partial charge in [-0.25, -0.2) is 37.8 Å². The van der Waals surface area contributed by atoms with Gasteiger partial charge in [0.15, 0.2) is 0 Å². The van der Waals surface area contributed by atoms with Crippen molar-refractivity contribution < 1.29 is 37.3 Å². The van der Waals surface area contributed by atoms with Crippen molar-refractivity contribution in [3.05, 3.63) is 96.7 Å². The number of halogens is 3. The van der Waals surface area contributed by atoms with Crippen molar-refractivity contribution in [3.8, 4) is 22.6 Å². The molecule has 4 N–H and O–H groups in total. The third-order valence-corrected chi connectivity index (χ3v) is 9.25. The number of nitrogens with zero attached hydrogens (tertiary/aromatic N) is 8. The molecule has 55 heavy (non-hydrogen) atoms. The zero-order valence-electron chi connectivity index (χ0n) is 29.9. The van der Waals surface area contributed by atoms with Crippen molar-refractivity contribution in [2.24, 2.45) is 0 Å². The van der Waals surface area contributed by atoms with E-state index in [9.17, 15) is 27.9 Å². The minimum absolute atomic E-state index is 0.0261. The molecule has 15 nitrogen and oxygen atoms in total. The number of hydrogen-bond acceptors (Lipinski definition) is 11. The number of nitrogens with two attached hydrogens (primary N) is 1. The van der Waals surface area contributed by atoms with Gasteiger partial charge < -0.3 is 35.1 Å². The van der Waals surface area contributed by atoms with Crippen LogP contribution in [0.3, 0.4) is 0 Å². The van der Waals surface area contributed by atoms with E-state index in [1.54, 1.807) is 30.7 Å². The molecule has 290 valence electrons. The van der Waals surface area contributed by atoms with Crippen molar-refractivity contribution in [3.63, 3.8) is 0 Å². The fraction of sp³-hybridized carbons (Fsp3) is 0.378. The molecule has 3 aromatic heterocycles. The number of nitrogen functional groups attached to an aromatic ring is 1. The Labute approximate surface area is 314 Å². The number of aromatic nitrogens is 7. The van der Waals surface area contributed by atoms with Crippen LogP contribution in [0.4, 0.5) is 19.1 Å². The minimum atomic E-state index is -1.93. The van der Waals surface area contributed by atoms with E-state index >= 15 is 0 Å². The molecule has 4 heterocycles. The van der Waals surface area contributed by atoms with Gasteiger partial charge in [0.25, 0.3) is 0 Å². The molecule has 1 atom stereocenters. The molecule has 0 spiro atoms. The van der Waals surface area contributed by atoms with Gasteiger partial charge in [-0.15, -0.1) is 0 Å². The monoisotopic (exact) mass is 762 g/mol. The number of rotatable bonds is 17. The molecule has 1 unspecified atom stereocenters. The Hall–Kier alpha value is -5.72. The summed E-state index contributed by atoms with van der Waals surface area (Å²) in [6.45, 7) is 1.14. The Morgan fingerprint density at radius 1 is 0.927 bits per heavy atom. The molecule has 1 aliphatic heterocycles. The molecule has 1 fully saturated rings. The number of amides is 2. The first kappa shape index (κ1) is 39.0. The molecule has 0 radical (unpaired) electrons. The van der Waals surface area contributed by atoms with Gasteiger partial charge in [0.05, 0.1) is 69.3 Å². The summed E-state index contributed by atoms with van der Waals surface area (Å²) in [5.41, 5.74) is 6.48. The number of ether oxygens (including phenoxy) is 2. The van der Waals surface area contributed by atoms with Crippen LogP contribution in [-0.4, -0.2) is 102 Å². The fourth-order valence-electron chi connectivity index (χ4n) is 6.43. The van der Waals surface area contributed by atoms with Gasteiger partial charge >= 0.3 is 0 Å². The molecule has 0 saturated carbocycles. The number of benzene rings is 2. The van der Waals surface area contributed by atoms with Gasteiger partial charge in [-0.05, 0) is 49.2 Å². The molecular weight excluding hydrogens is 721 g/mol. The lowest BCUT2D eigenvalue weighted by atomic mass is 9.92. The Morgan fingerprint density at radius 2 is 1.65 bits per heavy atom. The molecule has 2 amide bonds. The second-order valence-electron chi connectivity index (χ2n) is 13.0. The Bertz CT molecular complexity index is 2040. The molecule has 0 aliphatic carbocycles. The molecule has 2 aromatic carbocycles. The summed E-state index contributed by atoms with van der Waals surface area (Å²) >= 11 is 0. The van der Waals surface area contributed by atoms with Gasteiger partial charge in [0.2, 0.25) is 17.8 Å². The molecule has 1 saturated heterocycles. The number of nitrogens with one attached hydrogen (secondary N) is 1. The topological polar surface area (TPSA) is 188 Å². The van der Waals surface area contributed by atoms with Gasteiger partial charge in [0.1, 0.15) is 35.7 Å². The summed E-state index contributed by atoms with van der Waals surface area (Å²) < 4.78 is 56.2. The van der Waals surface area contributed by atoms with Crippen LogP contribution in [0.15, 0.2) is 73.7 Å². The summed E-state index contributed by atoms with van der Waals surface area (Å²) in [5.74, 6) is -2.46. The second kappa shape index (κ2) is 18.1. The van der Waals surface area contributed by atoms with E-state index in [0.717, 1.165) is 23.4 Å². The third kappa shape index (κ3) is 10.1. The SMILES string of the molecule is Nc1nccc(-c2c(-c3ccc(F)cc3)ncn2C2CCN(C(=O)CCOCCOCCC(=O)NCC(O)(Cn3cncn3)c3ccc(F)cc3F)CC2)n1. The lowest BCUT2D eigenvalue weighted by Gasteiger charge is -2.33. The summed E-state index contributed by atoms with van der Waals surface area (Å²) in [6.07, 6.45) is 7.43. The van der Waals surface area contributed by atoms with Crippen LogP contribution in [-0.2, 0) is 31.2 Å². The van der Waals surface area contributed by atoms with Crippen LogP contribution in [0.25, 0.3) is 22.6 Å².